The number of nitriles is 1. The van der Waals surface area contributed by atoms with E-state index in [9.17, 15) is 14.4 Å². The molecular weight excluding hydrogens is 483 g/mol. The van der Waals surface area contributed by atoms with Gasteiger partial charge in [0.25, 0.3) is 5.91 Å². The van der Waals surface area contributed by atoms with E-state index in [2.05, 4.69) is 5.32 Å². The molecule has 0 spiro atoms. The average molecular weight is 511 g/mol. The minimum atomic E-state index is -0.452. The predicted octanol–water partition coefficient (Wildman–Crippen LogP) is 5.32. The molecule has 1 amide bonds. The van der Waals surface area contributed by atoms with Crippen molar-refractivity contribution in [3.8, 4) is 28.8 Å². The minimum Gasteiger partial charge on any atom is -0.489 e. The first-order valence-corrected chi connectivity index (χ1v) is 12.1. The molecule has 3 aromatic carbocycles. The topological polar surface area (TPSA) is 89.2 Å². The lowest BCUT2D eigenvalue weighted by molar-refractivity contribution is -0.117. The third-order valence-corrected chi connectivity index (χ3v) is 5.69. The summed E-state index contributed by atoms with van der Waals surface area (Å²) in [6.45, 7) is 1.23. The number of rotatable bonds is 11. The van der Waals surface area contributed by atoms with Gasteiger partial charge >= 0.3 is 0 Å². The van der Waals surface area contributed by atoms with Gasteiger partial charge in [0.15, 0.2) is 0 Å². The lowest BCUT2D eigenvalue weighted by Gasteiger charge is -2.07. The summed E-state index contributed by atoms with van der Waals surface area (Å²) in [5.74, 6) is -0.0987. The maximum absolute atomic E-state index is 13.1. The van der Waals surface area contributed by atoms with Crippen LogP contribution in [0.3, 0.4) is 0 Å². The zero-order valence-corrected chi connectivity index (χ0v) is 20.9. The smallest absolute Gasteiger partial charge is 0.261 e. The third kappa shape index (κ3) is 6.93. The summed E-state index contributed by atoms with van der Waals surface area (Å²) in [5, 5.41) is 17.2. The molecule has 0 aliphatic heterocycles. The lowest BCUT2D eigenvalue weighted by atomic mass is 10.1. The van der Waals surface area contributed by atoms with E-state index in [1.54, 1.807) is 36.2 Å². The van der Waals surface area contributed by atoms with E-state index >= 15 is 0 Å². The monoisotopic (exact) mass is 510 g/mol. The second-order valence-corrected chi connectivity index (χ2v) is 8.42. The molecule has 0 radical (unpaired) electrons. The van der Waals surface area contributed by atoms with Crippen LogP contribution in [-0.2, 0) is 16.1 Å². The second kappa shape index (κ2) is 13.0. The molecule has 1 N–H and O–H groups in total. The summed E-state index contributed by atoms with van der Waals surface area (Å²) in [6.07, 6.45) is 3.99. The Hall–Kier alpha value is -4.74. The van der Waals surface area contributed by atoms with Gasteiger partial charge in [-0.3, -0.25) is 4.79 Å². The predicted molar refractivity (Wildman–Crippen MR) is 143 cm³/mol. The van der Waals surface area contributed by atoms with Gasteiger partial charge in [0.05, 0.1) is 11.4 Å². The summed E-state index contributed by atoms with van der Waals surface area (Å²) in [7, 11) is 1.60. The maximum atomic E-state index is 13.1. The van der Waals surface area contributed by atoms with Crippen molar-refractivity contribution in [1.82, 2.24) is 15.1 Å². The molecule has 0 unspecified atom stereocenters. The molecule has 192 valence electrons. The Labute approximate surface area is 220 Å². The molecule has 0 bridgehead atoms. The number of carbonyl (C=O) groups excluding carboxylic acids is 1. The average Bonchev–Trinajstić information content (AvgIpc) is 3.38. The molecule has 0 fully saturated rings. The normalized spacial score (nSPS) is 11.1. The number of carbonyl (C=O) groups is 1. The van der Waals surface area contributed by atoms with E-state index in [4.69, 9.17) is 14.6 Å². The molecule has 1 heterocycles. The number of benzene rings is 3. The highest BCUT2D eigenvalue weighted by atomic mass is 19.1. The Morgan fingerprint density at radius 2 is 1.82 bits per heavy atom. The number of nitrogens with zero attached hydrogens (tertiary/aromatic N) is 3. The molecule has 7 nitrogen and oxygen atoms in total. The Kier molecular flexibility index (Phi) is 9.00. The van der Waals surface area contributed by atoms with E-state index < -0.39 is 5.91 Å². The van der Waals surface area contributed by atoms with Gasteiger partial charge in [-0.25, -0.2) is 9.07 Å². The molecule has 1 aromatic heterocycles. The number of hydrogen-bond donors (Lipinski definition) is 1. The van der Waals surface area contributed by atoms with Gasteiger partial charge in [0.1, 0.15) is 29.8 Å². The van der Waals surface area contributed by atoms with Gasteiger partial charge in [-0.2, -0.15) is 10.4 Å². The molecule has 0 atom stereocenters. The highest BCUT2D eigenvalue weighted by Crippen LogP contribution is 2.28. The van der Waals surface area contributed by atoms with Crippen molar-refractivity contribution in [2.45, 2.75) is 13.0 Å². The van der Waals surface area contributed by atoms with Gasteiger partial charge in [0.2, 0.25) is 0 Å². The number of nitrogens with one attached hydrogen (secondary N) is 1. The Bertz CT molecular complexity index is 1420. The van der Waals surface area contributed by atoms with Crippen LogP contribution in [0, 0.1) is 17.1 Å². The molecule has 0 saturated heterocycles. The molecule has 0 saturated carbocycles. The van der Waals surface area contributed by atoms with Crippen LogP contribution in [0.5, 0.6) is 5.75 Å². The van der Waals surface area contributed by atoms with Crippen LogP contribution in [0.25, 0.3) is 23.0 Å². The molecular formula is C30H27FN4O3. The number of halogens is 1. The van der Waals surface area contributed by atoms with Crippen molar-refractivity contribution < 1.29 is 18.7 Å². The number of aromatic nitrogens is 2. The van der Waals surface area contributed by atoms with E-state index in [1.165, 1.54) is 12.1 Å². The molecule has 4 aromatic rings. The van der Waals surface area contributed by atoms with Crippen LogP contribution in [0.2, 0.25) is 0 Å². The highest BCUT2D eigenvalue weighted by Gasteiger charge is 2.15. The van der Waals surface area contributed by atoms with Crippen molar-refractivity contribution in [3.05, 3.63) is 108 Å². The van der Waals surface area contributed by atoms with Crippen LogP contribution in [0.15, 0.2) is 90.6 Å². The van der Waals surface area contributed by atoms with Gasteiger partial charge in [-0.1, -0.05) is 30.3 Å². The molecule has 8 heteroatoms. The first kappa shape index (κ1) is 26.3. The number of amides is 1. The zero-order valence-electron chi connectivity index (χ0n) is 20.9. The van der Waals surface area contributed by atoms with Crippen molar-refractivity contribution in [3.63, 3.8) is 0 Å². The summed E-state index contributed by atoms with van der Waals surface area (Å²) in [6, 6.07) is 25.1. The van der Waals surface area contributed by atoms with Crippen LogP contribution < -0.4 is 10.1 Å². The highest BCUT2D eigenvalue weighted by molar-refractivity contribution is 6.02. The van der Waals surface area contributed by atoms with Gasteiger partial charge in [-0.15, -0.1) is 0 Å². The second-order valence-electron chi connectivity index (χ2n) is 8.42. The summed E-state index contributed by atoms with van der Waals surface area (Å²) in [4.78, 5) is 12.6. The van der Waals surface area contributed by atoms with Crippen LogP contribution >= 0.6 is 0 Å². The van der Waals surface area contributed by atoms with Crippen molar-refractivity contribution in [1.29, 1.82) is 5.26 Å². The third-order valence-electron chi connectivity index (χ3n) is 5.69. The standard InChI is InChI=1S/C30H27FN4O3/c1-37-17-5-16-33-30(36)24(19-32)18-25-20-35(27-6-3-2-4-7-27)34-29(25)23-10-14-28(15-11-23)38-21-22-8-12-26(31)13-9-22/h2-4,6-15,18,20H,5,16-17,21H2,1H3,(H,33,36). The minimum absolute atomic E-state index is 0.0180. The Balaban J connectivity index is 1.59. The first-order chi connectivity index (χ1) is 18.6. The van der Waals surface area contributed by atoms with Crippen molar-refractivity contribution in [2.24, 2.45) is 0 Å². The van der Waals surface area contributed by atoms with Crippen LogP contribution in [-0.4, -0.2) is 35.9 Å². The van der Waals surface area contributed by atoms with Crippen molar-refractivity contribution in [2.75, 3.05) is 20.3 Å². The van der Waals surface area contributed by atoms with E-state index in [1.807, 2.05) is 60.7 Å². The molecule has 0 aliphatic carbocycles. The fraction of sp³-hybridized carbons (Fsp3) is 0.167. The van der Waals surface area contributed by atoms with E-state index in [0.29, 0.717) is 43.2 Å². The molecule has 38 heavy (non-hydrogen) atoms. The number of methoxy groups -OCH3 is 1. The number of ether oxygens (including phenoxy) is 2. The summed E-state index contributed by atoms with van der Waals surface area (Å²) >= 11 is 0. The SMILES string of the molecule is COCCCNC(=O)C(C#N)=Cc1cn(-c2ccccc2)nc1-c1ccc(OCc2ccc(F)cc2)cc1. The quantitative estimate of drug-likeness (QED) is 0.168. The largest absolute Gasteiger partial charge is 0.489 e. The lowest BCUT2D eigenvalue weighted by Crippen LogP contribution is -2.26. The van der Waals surface area contributed by atoms with Gasteiger partial charge in [0, 0.05) is 37.6 Å². The maximum Gasteiger partial charge on any atom is 0.261 e. The summed E-state index contributed by atoms with van der Waals surface area (Å²) < 4.78 is 25.7. The summed E-state index contributed by atoms with van der Waals surface area (Å²) in [5.41, 5.74) is 3.70. The van der Waals surface area contributed by atoms with Crippen LogP contribution in [0.4, 0.5) is 4.39 Å². The van der Waals surface area contributed by atoms with E-state index in [-0.39, 0.29) is 11.4 Å². The molecule has 4 rings (SSSR count). The Morgan fingerprint density at radius 1 is 1.08 bits per heavy atom. The molecule has 0 aliphatic rings. The zero-order chi connectivity index (χ0) is 26.7. The first-order valence-electron chi connectivity index (χ1n) is 12.1. The Morgan fingerprint density at radius 3 is 2.50 bits per heavy atom. The number of para-hydroxylation sites is 1. The van der Waals surface area contributed by atoms with Crippen LogP contribution in [0.1, 0.15) is 17.5 Å². The number of hydrogen-bond acceptors (Lipinski definition) is 5. The fourth-order valence-corrected chi connectivity index (χ4v) is 3.70. The van der Waals surface area contributed by atoms with Crippen molar-refractivity contribution >= 4 is 12.0 Å². The van der Waals surface area contributed by atoms with E-state index in [0.717, 1.165) is 16.8 Å². The van der Waals surface area contributed by atoms with Gasteiger partial charge in [-0.05, 0) is 66.6 Å². The fourth-order valence-electron chi connectivity index (χ4n) is 3.70. The van der Waals surface area contributed by atoms with Gasteiger partial charge < -0.3 is 14.8 Å².